The number of carbonyl (C=O) groups excluding carboxylic acids is 1. The molecule has 0 saturated heterocycles. The molecule has 94 valence electrons. The Bertz CT molecular complexity index is 609. The number of nitrogens with one attached hydrogen (secondary N) is 1. The number of allylic oxidation sites excluding steroid dienone is 1. The van der Waals surface area contributed by atoms with Crippen molar-refractivity contribution in [2.45, 2.75) is 27.2 Å². The molecule has 0 aliphatic rings. The van der Waals surface area contributed by atoms with Crippen LogP contribution in [0.3, 0.4) is 0 Å². The molecule has 1 aromatic heterocycles. The van der Waals surface area contributed by atoms with Gasteiger partial charge < -0.3 is 0 Å². The molecule has 0 saturated carbocycles. The van der Waals surface area contributed by atoms with Gasteiger partial charge in [-0.2, -0.15) is 0 Å². The lowest BCUT2D eigenvalue weighted by atomic mass is 10.2. The molecule has 0 aliphatic carbocycles. The van der Waals surface area contributed by atoms with Crippen molar-refractivity contribution in [3.63, 3.8) is 0 Å². The second kappa shape index (κ2) is 5.31. The number of hydrogen-bond donors (Lipinski definition) is 1. The lowest BCUT2D eigenvalue weighted by Crippen LogP contribution is -2.07. The summed E-state index contributed by atoms with van der Waals surface area (Å²) < 4.78 is 1.11. The van der Waals surface area contributed by atoms with Crippen LogP contribution < -0.4 is 5.32 Å². The minimum absolute atomic E-state index is 0.121. The first kappa shape index (κ1) is 12.8. The minimum atomic E-state index is -0.121. The molecule has 0 spiro atoms. The first-order chi connectivity index (χ1) is 8.58. The third-order valence-corrected chi connectivity index (χ3v) is 3.44. The molecule has 1 heterocycles. The molecule has 2 rings (SSSR count). The topological polar surface area (TPSA) is 42.0 Å². The van der Waals surface area contributed by atoms with Gasteiger partial charge in [0.05, 0.1) is 10.2 Å². The number of nitrogens with zero attached hydrogens (tertiary/aromatic N) is 1. The van der Waals surface area contributed by atoms with Crippen LogP contribution in [0.2, 0.25) is 0 Å². The Kier molecular flexibility index (Phi) is 3.77. The maximum atomic E-state index is 11.6. The molecule has 4 heteroatoms. The molecule has 0 atom stereocenters. The summed E-state index contributed by atoms with van der Waals surface area (Å²) >= 11 is 1.51. The van der Waals surface area contributed by atoms with E-state index >= 15 is 0 Å². The molecule has 0 fully saturated rings. The van der Waals surface area contributed by atoms with Crippen LogP contribution in [0.25, 0.3) is 10.2 Å². The fraction of sp³-hybridized carbons (Fsp3) is 0.286. The van der Waals surface area contributed by atoms with E-state index in [2.05, 4.69) is 29.4 Å². The lowest BCUT2D eigenvalue weighted by molar-refractivity contribution is -0.111. The normalized spacial score (nSPS) is 10.4. The summed E-state index contributed by atoms with van der Waals surface area (Å²) in [4.78, 5) is 16.0. The predicted octanol–water partition coefficient (Wildman–Crippen LogP) is 3.76. The van der Waals surface area contributed by atoms with Crippen LogP contribution >= 0.6 is 11.3 Å². The smallest absolute Gasteiger partial charge is 0.250 e. The van der Waals surface area contributed by atoms with Crippen molar-refractivity contribution in [1.82, 2.24) is 4.98 Å². The summed E-state index contributed by atoms with van der Waals surface area (Å²) in [6.45, 7) is 5.91. The average Bonchev–Trinajstić information content (AvgIpc) is 2.68. The van der Waals surface area contributed by atoms with Gasteiger partial charge >= 0.3 is 0 Å². The van der Waals surface area contributed by atoms with Crippen molar-refractivity contribution in [1.29, 1.82) is 0 Å². The van der Waals surface area contributed by atoms with E-state index in [1.54, 1.807) is 6.08 Å². The fourth-order valence-electron chi connectivity index (χ4n) is 1.65. The highest BCUT2D eigenvalue weighted by Crippen LogP contribution is 2.26. The van der Waals surface area contributed by atoms with Gasteiger partial charge in [0.2, 0.25) is 5.91 Å². The Morgan fingerprint density at radius 2 is 2.22 bits per heavy atom. The molecule has 3 nitrogen and oxygen atoms in total. The van der Waals surface area contributed by atoms with Gasteiger partial charge in [-0.05, 0) is 38.0 Å². The molecule has 1 amide bonds. The van der Waals surface area contributed by atoms with Gasteiger partial charge in [-0.15, -0.1) is 0 Å². The van der Waals surface area contributed by atoms with Crippen LogP contribution in [0.5, 0.6) is 0 Å². The van der Waals surface area contributed by atoms with Gasteiger partial charge in [0.15, 0.2) is 5.13 Å². The van der Waals surface area contributed by atoms with E-state index < -0.39 is 0 Å². The van der Waals surface area contributed by atoms with Crippen molar-refractivity contribution < 1.29 is 4.79 Å². The second-order valence-electron chi connectivity index (χ2n) is 4.39. The first-order valence-corrected chi connectivity index (χ1v) is 6.75. The Balaban J connectivity index is 2.25. The molecule has 18 heavy (non-hydrogen) atoms. The first-order valence-electron chi connectivity index (χ1n) is 5.94. The second-order valence-corrected chi connectivity index (χ2v) is 5.42. The van der Waals surface area contributed by atoms with Crippen LogP contribution in [0.1, 0.15) is 26.3 Å². The standard InChI is InChI=1S/C14H16N2OS/c1-4-10-5-6-11-12(8-10)18-14(15-11)16-13(17)7-9(2)3/h5-8H,4H2,1-3H3,(H,15,16,17). The van der Waals surface area contributed by atoms with E-state index in [1.807, 2.05) is 19.9 Å². The van der Waals surface area contributed by atoms with E-state index in [4.69, 9.17) is 0 Å². The summed E-state index contributed by atoms with van der Waals surface area (Å²) in [5.41, 5.74) is 3.19. The van der Waals surface area contributed by atoms with Gasteiger partial charge in [-0.3, -0.25) is 10.1 Å². The molecule has 0 radical (unpaired) electrons. The molecular weight excluding hydrogens is 244 g/mol. The van der Waals surface area contributed by atoms with Crippen molar-refractivity contribution in [3.05, 3.63) is 35.4 Å². The van der Waals surface area contributed by atoms with Crippen LogP contribution in [0, 0.1) is 0 Å². The van der Waals surface area contributed by atoms with Gasteiger partial charge in [0.1, 0.15) is 0 Å². The Labute approximate surface area is 111 Å². The van der Waals surface area contributed by atoms with Crippen LogP contribution in [0.4, 0.5) is 5.13 Å². The molecule has 0 bridgehead atoms. The number of aryl methyl sites for hydroxylation is 1. The number of aromatic nitrogens is 1. The summed E-state index contributed by atoms with van der Waals surface area (Å²) in [6, 6.07) is 6.20. The number of rotatable bonds is 3. The number of amides is 1. The fourth-order valence-corrected chi connectivity index (χ4v) is 2.58. The Morgan fingerprint density at radius 1 is 1.44 bits per heavy atom. The highest BCUT2D eigenvalue weighted by atomic mass is 32.1. The van der Waals surface area contributed by atoms with Crippen molar-refractivity contribution >= 4 is 32.6 Å². The molecule has 1 aromatic carbocycles. The van der Waals surface area contributed by atoms with E-state index in [-0.39, 0.29) is 5.91 Å². The number of thiazole rings is 1. The number of anilines is 1. The Morgan fingerprint density at radius 3 is 2.89 bits per heavy atom. The summed E-state index contributed by atoms with van der Waals surface area (Å²) in [7, 11) is 0. The zero-order valence-electron chi connectivity index (χ0n) is 10.8. The third kappa shape index (κ3) is 2.96. The van der Waals surface area contributed by atoms with E-state index in [0.29, 0.717) is 5.13 Å². The minimum Gasteiger partial charge on any atom is -0.298 e. The highest BCUT2D eigenvalue weighted by molar-refractivity contribution is 7.22. The van der Waals surface area contributed by atoms with Crippen molar-refractivity contribution in [2.24, 2.45) is 0 Å². The predicted molar refractivity (Wildman–Crippen MR) is 77.1 cm³/mol. The van der Waals surface area contributed by atoms with Crippen LogP contribution in [-0.4, -0.2) is 10.9 Å². The quantitative estimate of drug-likeness (QED) is 0.854. The maximum absolute atomic E-state index is 11.6. The van der Waals surface area contributed by atoms with Gasteiger partial charge in [0, 0.05) is 6.08 Å². The van der Waals surface area contributed by atoms with Crippen molar-refractivity contribution in [2.75, 3.05) is 5.32 Å². The zero-order chi connectivity index (χ0) is 13.1. The number of benzene rings is 1. The number of fused-ring (bicyclic) bond motifs is 1. The largest absolute Gasteiger partial charge is 0.298 e. The lowest BCUT2D eigenvalue weighted by Gasteiger charge is -1.95. The van der Waals surface area contributed by atoms with E-state index in [1.165, 1.54) is 16.9 Å². The van der Waals surface area contributed by atoms with Crippen molar-refractivity contribution in [3.8, 4) is 0 Å². The number of carbonyl (C=O) groups is 1. The van der Waals surface area contributed by atoms with Crippen LogP contribution in [-0.2, 0) is 11.2 Å². The van der Waals surface area contributed by atoms with Gasteiger partial charge in [-0.1, -0.05) is 29.9 Å². The van der Waals surface area contributed by atoms with E-state index in [0.717, 1.165) is 22.2 Å². The van der Waals surface area contributed by atoms with Gasteiger partial charge in [0.25, 0.3) is 0 Å². The average molecular weight is 260 g/mol. The number of hydrogen-bond acceptors (Lipinski definition) is 3. The van der Waals surface area contributed by atoms with Gasteiger partial charge in [-0.25, -0.2) is 4.98 Å². The molecule has 0 unspecified atom stereocenters. The summed E-state index contributed by atoms with van der Waals surface area (Å²) in [6.07, 6.45) is 2.58. The molecule has 2 aromatic rings. The molecule has 0 aliphatic heterocycles. The molecule has 1 N–H and O–H groups in total. The Hall–Kier alpha value is -1.68. The SMILES string of the molecule is CCc1ccc2nc(NC(=O)C=C(C)C)sc2c1. The highest BCUT2D eigenvalue weighted by Gasteiger charge is 2.06. The van der Waals surface area contributed by atoms with E-state index in [9.17, 15) is 4.79 Å². The third-order valence-electron chi connectivity index (χ3n) is 2.51. The maximum Gasteiger partial charge on any atom is 0.250 e. The summed E-state index contributed by atoms with van der Waals surface area (Å²) in [5.74, 6) is -0.121. The summed E-state index contributed by atoms with van der Waals surface area (Å²) in [5, 5.41) is 3.45. The monoisotopic (exact) mass is 260 g/mol. The van der Waals surface area contributed by atoms with Crippen LogP contribution in [0.15, 0.2) is 29.8 Å². The molecular formula is C14H16N2OS. The zero-order valence-corrected chi connectivity index (χ0v) is 11.6.